The predicted molar refractivity (Wildman–Crippen MR) is 106 cm³/mol. The van der Waals surface area contributed by atoms with Gasteiger partial charge in [-0.2, -0.15) is 0 Å². The minimum atomic E-state index is 0.631. The topological polar surface area (TPSA) is 19.4 Å². The first-order valence-corrected chi connectivity index (χ1v) is 10.4. The molecule has 136 valence electrons. The van der Waals surface area contributed by atoms with Crippen LogP contribution in [-0.2, 0) is 19.4 Å². The standard InChI is InChI=1S/C23H29N3/c1-2-5-19(6-3-1)16-25-13-14-26-21(17-25)9-10-22-20(11-12-24-23(22)26)15-18-7-4-8-18/h1-3,5-6,11-12,18,21H,4,7-10,13-17H2. The number of aromatic nitrogens is 1. The van der Waals surface area contributed by atoms with Gasteiger partial charge >= 0.3 is 0 Å². The summed E-state index contributed by atoms with van der Waals surface area (Å²) in [7, 11) is 0. The molecule has 2 aromatic rings. The van der Waals surface area contributed by atoms with E-state index in [9.17, 15) is 0 Å². The van der Waals surface area contributed by atoms with Gasteiger partial charge < -0.3 is 4.90 Å². The van der Waals surface area contributed by atoms with Crippen LogP contribution in [0.15, 0.2) is 42.6 Å². The number of fused-ring (bicyclic) bond motifs is 3. The van der Waals surface area contributed by atoms with Gasteiger partial charge in [0.1, 0.15) is 5.82 Å². The van der Waals surface area contributed by atoms with Crippen LogP contribution in [0.25, 0.3) is 0 Å². The van der Waals surface area contributed by atoms with Gasteiger partial charge in [-0.15, -0.1) is 0 Å². The molecule has 1 aliphatic carbocycles. The van der Waals surface area contributed by atoms with E-state index in [1.807, 2.05) is 0 Å². The number of anilines is 1. The molecule has 1 aromatic heterocycles. The van der Waals surface area contributed by atoms with Crippen molar-refractivity contribution in [1.29, 1.82) is 0 Å². The van der Waals surface area contributed by atoms with Crippen LogP contribution < -0.4 is 4.90 Å². The summed E-state index contributed by atoms with van der Waals surface area (Å²) in [5, 5.41) is 0. The third-order valence-corrected chi connectivity index (χ3v) is 6.68. The highest BCUT2D eigenvalue weighted by Gasteiger charge is 2.33. The minimum Gasteiger partial charge on any atom is -0.351 e. The first-order valence-electron chi connectivity index (χ1n) is 10.4. The van der Waals surface area contributed by atoms with Crippen LogP contribution in [0.3, 0.4) is 0 Å². The highest BCUT2D eigenvalue weighted by Crippen LogP contribution is 2.36. The van der Waals surface area contributed by atoms with Crippen LogP contribution in [0.2, 0.25) is 0 Å². The van der Waals surface area contributed by atoms with Crippen LogP contribution in [-0.4, -0.2) is 35.6 Å². The van der Waals surface area contributed by atoms with Gasteiger partial charge in [0.05, 0.1) is 0 Å². The number of benzene rings is 1. The van der Waals surface area contributed by atoms with Gasteiger partial charge in [0.15, 0.2) is 0 Å². The van der Waals surface area contributed by atoms with E-state index in [4.69, 9.17) is 4.98 Å². The Bertz CT molecular complexity index is 753. The predicted octanol–water partition coefficient (Wildman–Crippen LogP) is 4.06. The average Bonchev–Trinajstić information content (AvgIpc) is 2.65. The Morgan fingerprint density at radius 2 is 1.88 bits per heavy atom. The average molecular weight is 348 g/mol. The Hall–Kier alpha value is -1.87. The molecule has 0 bridgehead atoms. The quantitative estimate of drug-likeness (QED) is 0.831. The minimum absolute atomic E-state index is 0.631. The summed E-state index contributed by atoms with van der Waals surface area (Å²) in [6.45, 7) is 4.50. The maximum atomic E-state index is 4.83. The highest BCUT2D eigenvalue weighted by molar-refractivity contribution is 5.54. The fraction of sp³-hybridized carbons (Fsp3) is 0.522. The zero-order valence-corrected chi connectivity index (χ0v) is 15.6. The molecule has 3 nitrogen and oxygen atoms in total. The van der Waals surface area contributed by atoms with E-state index in [2.05, 4.69) is 52.4 Å². The lowest BCUT2D eigenvalue weighted by Crippen LogP contribution is -2.55. The third kappa shape index (κ3) is 3.14. The van der Waals surface area contributed by atoms with Gasteiger partial charge in [-0.1, -0.05) is 49.6 Å². The number of piperazine rings is 1. The molecule has 2 fully saturated rings. The van der Waals surface area contributed by atoms with E-state index in [-0.39, 0.29) is 0 Å². The SMILES string of the molecule is c1ccc(CN2CCN3c4nccc(CC5CCC5)c4CCC3C2)cc1. The Morgan fingerprint density at radius 3 is 2.69 bits per heavy atom. The van der Waals surface area contributed by atoms with Crippen molar-refractivity contribution in [1.82, 2.24) is 9.88 Å². The molecular formula is C23H29N3. The lowest BCUT2D eigenvalue weighted by atomic mass is 9.79. The highest BCUT2D eigenvalue weighted by atomic mass is 15.3. The van der Waals surface area contributed by atoms with Crippen molar-refractivity contribution in [2.24, 2.45) is 5.92 Å². The molecule has 26 heavy (non-hydrogen) atoms. The van der Waals surface area contributed by atoms with E-state index < -0.39 is 0 Å². The summed E-state index contributed by atoms with van der Waals surface area (Å²) >= 11 is 0. The van der Waals surface area contributed by atoms with E-state index in [0.717, 1.165) is 25.6 Å². The maximum absolute atomic E-state index is 4.83. The molecule has 3 heterocycles. The molecule has 5 rings (SSSR count). The Balaban J connectivity index is 1.30. The first kappa shape index (κ1) is 16.3. The molecule has 0 spiro atoms. The number of nitrogens with zero attached hydrogens (tertiary/aromatic N) is 3. The van der Waals surface area contributed by atoms with Crippen molar-refractivity contribution in [3.63, 3.8) is 0 Å². The maximum Gasteiger partial charge on any atom is 0.132 e. The van der Waals surface area contributed by atoms with Gasteiger partial charge in [-0.05, 0) is 47.9 Å². The second kappa shape index (κ2) is 7.03. The summed E-state index contributed by atoms with van der Waals surface area (Å²) in [6.07, 6.45) is 10.1. The van der Waals surface area contributed by atoms with Crippen LogP contribution >= 0.6 is 0 Å². The lowest BCUT2D eigenvalue weighted by Gasteiger charge is -2.46. The summed E-state index contributed by atoms with van der Waals surface area (Å²) in [5.41, 5.74) is 4.58. The number of pyridine rings is 1. The first-order chi connectivity index (χ1) is 12.9. The van der Waals surface area contributed by atoms with E-state index in [1.54, 1.807) is 11.1 Å². The fourth-order valence-electron chi connectivity index (χ4n) is 4.98. The van der Waals surface area contributed by atoms with Gasteiger partial charge in [0.2, 0.25) is 0 Å². The van der Waals surface area contributed by atoms with Crippen molar-refractivity contribution in [3.05, 3.63) is 59.3 Å². The smallest absolute Gasteiger partial charge is 0.132 e. The molecule has 3 aliphatic rings. The molecule has 0 amide bonds. The molecule has 0 radical (unpaired) electrons. The molecular weight excluding hydrogens is 318 g/mol. The van der Waals surface area contributed by atoms with Crippen LogP contribution in [0.5, 0.6) is 0 Å². The van der Waals surface area contributed by atoms with E-state index in [1.165, 1.54) is 56.5 Å². The van der Waals surface area contributed by atoms with Gasteiger partial charge in [0.25, 0.3) is 0 Å². The lowest BCUT2D eigenvalue weighted by molar-refractivity contribution is 0.205. The van der Waals surface area contributed by atoms with Crippen molar-refractivity contribution in [2.75, 3.05) is 24.5 Å². The Morgan fingerprint density at radius 1 is 1.00 bits per heavy atom. The molecule has 1 atom stereocenters. The zero-order valence-electron chi connectivity index (χ0n) is 15.6. The van der Waals surface area contributed by atoms with Gasteiger partial charge in [-0.3, -0.25) is 4.90 Å². The summed E-state index contributed by atoms with van der Waals surface area (Å²) in [6, 6.07) is 13.8. The van der Waals surface area contributed by atoms with Crippen LogP contribution in [0.4, 0.5) is 5.82 Å². The molecule has 1 saturated carbocycles. The van der Waals surface area contributed by atoms with Crippen LogP contribution in [0.1, 0.15) is 42.4 Å². The summed E-state index contributed by atoms with van der Waals surface area (Å²) in [5.74, 6) is 2.24. The number of rotatable bonds is 4. The normalized spacial score (nSPS) is 23.2. The van der Waals surface area contributed by atoms with Crippen molar-refractivity contribution >= 4 is 5.82 Å². The molecule has 1 aromatic carbocycles. The van der Waals surface area contributed by atoms with Gasteiger partial charge in [-0.25, -0.2) is 4.98 Å². The van der Waals surface area contributed by atoms with Crippen LogP contribution in [0, 0.1) is 5.92 Å². The third-order valence-electron chi connectivity index (χ3n) is 6.68. The largest absolute Gasteiger partial charge is 0.351 e. The van der Waals surface area contributed by atoms with E-state index in [0.29, 0.717) is 6.04 Å². The second-order valence-corrected chi connectivity index (χ2v) is 8.38. The molecule has 1 saturated heterocycles. The van der Waals surface area contributed by atoms with Crippen molar-refractivity contribution < 1.29 is 0 Å². The van der Waals surface area contributed by atoms with Crippen molar-refractivity contribution in [2.45, 2.75) is 51.1 Å². The molecule has 2 aliphatic heterocycles. The Labute approximate surface area is 157 Å². The molecule has 3 heteroatoms. The van der Waals surface area contributed by atoms with Crippen molar-refractivity contribution in [3.8, 4) is 0 Å². The molecule has 0 N–H and O–H groups in total. The molecule has 1 unspecified atom stereocenters. The number of hydrogen-bond donors (Lipinski definition) is 0. The van der Waals surface area contributed by atoms with Gasteiger partial charge in [0, 0.05) is 38.4 Å². The Kier molecular flexibility index (Phi) is 4.41. The summed E-state index contributed by atoms with van der Waals surface area (Å²) < 4.78 is 0. The monoisotopic (exact) mass is 347 g/mol. The zero-order chi connectivity index (χ0) is 17.3. The summed E-state index contributed by atoms with van der Waals surface area (Å²) in [4.78, 5) is 10.1. The fourth-order valence-corrected chi connectivity index (χ4v) is 4.98. The number of hydrogen-bond acceptors (Lipinski definition) is 3. The second-order valence-electron chi connectivity index (χ2n) is 8.38. The van der Waals surface area contributed by atoms with E-state index >= 15 is 0 Å².